The fourth-order valence-electron chi connectivity index (χ4n) is 1.89. The third-order valence-corrected chi connectivity index (χ3v) is 2.58. The van der Waals surface area contributed by atoms with Gasteiger partial charge < -0.3 is 14.4 Å². The summed E-state index contributed by atoms with van der Waals surface area (Å²) in [7, 11) is 4.11. The number of ether oxygens (including phenoxy) is 2. The van der Waals surface area contributed by atoms with Crippen molar-refractivity contribution in [3.8, 4) is 0 Å². The number of hydrogen-bond donors (Lipinski definition) is 0. The van der Waals surface area contributed by atoms with Gasteiger partial charge in [-0.15, -0.1) is 0 Å². The highest BCUT2D eigenvalue weighted by Crippen LogP contribution is 2.28. The molecule has 0 spiro atoms. The molecule has 1 unspecified atom stereocenters. The molecule has 94 valence electrons. The monoisotopic (exact) mass is 227 g/mol. The third kappa shape index (κ3) is 3.41. The topological polar surface area (TPSA) is 21.7 Å². The first-order valence-electron chi connectivity index (χ1n) is 6.10. The van der Waals surface area contributed by atoms with Crippen molar-refractivity contribution in [1.29, 1.82) is 0 Å². The summed E-state index contributed by atoms with van der Waals surface area (Å²) in [5.74, 6) is 2.86. The molecule has 0 radical (unpaired) electrons. The van der Waals surface area contributed by atoms with E-state index in [0.717, 1.165) is 18.1 Å². The SMILES string of the molecule is CC(C)C1=C(C(C)C)OC(CN(C)C)CO1. The quantitative estimate of drug-likeness (QED) is 0.736. The van der Waals surface area contributed by atoms with Crippen molar-refractivity contribution in [3.05, 3.63) is 11.5 Å². The van der Waals surface area contributed by atoms with E-state index in [0.29, 0.717) is 18.4 Å². The molecule has 0 aliphatic carbocycles. The van der Waals surface area contributed by atoms with E-state index in [1.54, 1.807) is 0 Å². The number of allylic oxidation sites excluding steroid dienone is 2. The zero-order valence-corrected chi connectivity index (χ0v) is 11.4. The molecule has 0 N–H and O–H groups in total. The lowest BCUT2D eigenvalue weighted by Crippen LogP contribution is -2.36. The van der Waals surface area contributed by atoms with Gasteiger partial charge >= 0.3 is 0 Å². The highest BCUT2D eigenvalue weighted by molar-refractivity contribution is 5.09. The molecule has 1 heterocycles. The van der Waals surface area contributed by atoms with Crippen LogP contribution in [0.5, 0.6) is 0 Å². The summed E-state index contributed by atoms with van der Waals surface area (Å²) in [5, 5.41) is 0. The molecule has 3 heteroatoms. The van der Waals surface area contributed by atoms with Crippen LogP contribution >= 0.6 is 0 Å². The molecule has 0 amide bonds. The van der Waals surface area contributed by atoms with Gasteiger partial charge in [-0.1, -0.05) is 27.7 Å². The van der Waals surface area contributed by atoms with Crippen LogP contribution in [0.25, 0.3) is 0 Å². The molecular formula is C13H25NO2. The maximum atomic E-state index is 6.05. The third-order valence-electron chi connectivity index (χ3n) is 2.58. The number of likely N-dealkylation sites (N-methyl/N-ethyl adjacent to an activating group) is 1. The molecule has 1 rings (SSSR count). The Balaban J connectivity index is 2.75. The van der Waals surface area contributed by atoms with Crippen LogP contribution in [0.2, 0.25) is 0 Å². The second-order valence-electron chi connectivity index (χ2n) is 5.35. The minimum absolute atomic E-state index is 0.162. The van der Waals surface area contributed by atoms with Gasteiger partial charge in [-0.05, 0) is 14.1 Å². The fourth-order valence-corrected chi connectivity index (χ4v) is 1.89. The van der Waals surface area contributed by atoms with Crippen LogP contribution in [0.3, 0.4) is 0 Å². The molecular weight excluding hydrogens is 202 g/mol. The lowest BCUT2D eigenvalue weighted by molar-refractivity contribution is -0.0332. The highest BCUT2D eigenvalue weighted by Gasteiger charge is 2.27. The number of hydrogen-bond acceptors (Lipinski definition) is 3. The Morgan fingerprint density at radius 2 is 1.69 bits per heavy atom. The van der Waals surface area contributed by atoms with Gasteiger partial charge in [-0.3, -0.25) is 0 Å². The van der Waals surface area contributed by atoms with Gasteiger partial charge in [-0.2, -0.15) is 0 Å². The number of nitrogens with zero attached hydrogens (tertiary/aromatic N) is 1. The summed E-state index contributed by atoms with van der Waals surface area (Å²) < 4.78 is 11.9. The van der Waals surface area contributed by atoms with Crippen LogP contribution in [-0.2, 0) is 9.47 Å². The Morgan fingerprint density at radius 3 is 2.12 bits per heavy atom. The van der Waals surface area contributed by atoms with Crippen molar-refractivity contribution in [3.63, 3.8) is 0 Å². The largest absolute Gasteiger partial charge is 0.490 e. The highest BCUT2D eigenvalue weighted by atomic mass is 16.6. The van der Waals surface area contributed by atoms with Crippen LogP contribution in [0, 0.1) is 11.8 Å². The molecule has 0 aromatic heterocycles. The van der Waals surface area contributed by atoms with E-state index in [2.05, 4.69) is 46.7 Å². The van der Waals surface area contributed by atoms with Gasteiger partial charge in [0.2, 0.25) is 0 Å². The lowest BCUT2D eigenvalue weighted by atomic mass is 10.0. The minimum Gasteiger partial charge on any atom is -0.490 e. The van der Waals surface area contributed by atoms with Crippen LogP contribution in [0.15, 0.2) is 11.5 Å². The molecule has 0 aromatic carbocycles. The summed E-state index contributed by atoms with van der Waals surface area (Å²) in [5.41, 5.74) is 0. The van der Waals surface area contributed by atoms with Gasteiger partial charge in [0, 0.05) is 18.4 Å². The average molecular weight is 227 g/mol. The zero-order chi connectivity index (χ0) is 12.3. The van der Waals surface area contributed by atoms with Gasteiger partial charge in [0.25, 0.3) is 0 Å². The fraction of sp³-hybridized carbons (Fsp3) is 0.846. The first-order chi connectivity index (χ1) is 7.41. The van der Waals surface area contributed by atoms with E-state index >= 15 is 0 Å². The van der Waals surface area contributed by atoms with Gasteiger partial charge in [-0.25, -0.2) is 0 Å². The molecule has 0 aromatic rings. The Bertz CT molecular complexity index is 257. The van der Waals surface area contributed by atoms with E-state index in [1.807, 2.05) is 0 Å². The van der Waals surface area contributed by atoms with Crippen molar-refractivity contribution in [2.75, 3.05) is 27.2 Å². The standard InChI is InChI=1S/C13H25NO2/c1-9(2)12-13(10(3)4)16-11(8-15-12)7-14(5)6/h9-11H,7-8H2,1-6H3. The van der Waals surface area contributed by atoms with E-state index in [4.69, 9.17) is 9.47 Å². The Kier molecular flexibility index (Phi) is 4.66. The zero-order valence-electron chi connectivity index (χ0n) is 11.4. The van der Waals surface area contributed by atoms with E-state index in [9.17, 15) is 0 Å². The van der Waals surface area contributed by atoms with Gasteiger partial charge in [0.1, 0.15) is 24.2 Å². The molecule has 3 nitrogen and oxygen atoms in total. The maximum Gasteiger partial charge on any atom is 0.145 e. The van der Waals surface area contributed by atoms with Crippen molar-refractivity contribution in [2.45, 2.75) is 33.8 Å². The summed E-state index contributed by atoms with van der Waals surface area (Å²) in [6.45, 7) is 10.2. The van der Waals surface area contributed by atoms with Crippen molar-refractivity contribution in [1.82, 2.24) is 4.90 Å². The number of rotatable bonds is 4. The smallest absolute Gasteiger partial charge is 0.145 e. The second kappa shape index (κ2) is 5.58. The lowest BCUT2D eigenvalue weighted by Gasteiger charge is -2.33. The summed E-state index contributed by atoms with van der Waals surface area (Å²) in [6, 6.07) is 0. The van der Waals surface area contributed by atoms with E-state index in [-0.39, 0.29) is 6.10 Å². The Labute approximate surface area is 99.4 Å². The predicted molar refractivity (Wildman–Crippen MR) is 66.1 cm³/mol. The first-order valence-corrected chi connectivity index (χ1v) is 6.10. The molecule has 0 saturated heterocycles. The average Bonchev–Trinajstić information content (AvgIpc) is 2.16. The molecule has 1 atom stereocenters. The van der Waals surface area contributed by atoms with Crippen molar-refractivity contribution >= 4 is 0 Å². The summed E-state index contributed by atoms with van der Waals surface area (Å²) >= 11 is 0. The molecule has 0 saturated carbocycles. The van der Waals surface area contributed by atoms with Crippen LogP contribution in [0.4, 0.5) is 0 Å². The Morgan fingerprint density at radius 1 is 1.12 bits per heavy atom. The molecule has 0 fully saturated rings. The Hall–Kier alpha value is -0.700. The molecule has 0 bridgehead atoms. The predicted octanol–water partition coefficient (Wildman–Crippen LogP) is 2.49. The first kappa shape index (κ1) is 13.4. The van der Waals surface area contributed by atoms with E-state index < -0.39 is 0 Å². The molecule has 16 heavy (non-hydrogen) atoms. The van der Waals surface area contributed by atoms with Crippen molar-refractivity contribution < 1.29 is 9.47 Å². The normalized spacial score (nSPS) is 21.7. The summed E-state index contributed by atoms with van der Waals surface area (Å²) in [6.07, 6.45) is 0.162. The van der Waals surface area contributed by atoms with Crippen LogP contribution in [0.1, 0.15) is 27.7 Å². The minimum atomic E-state index is 0.162. The summed E-state index contributed by atoms with van der Waals surface area (Å²) in [4.78, 5) is 2.13. The van der Waals surface area contributed by atoms with Gasteiger partial charge in [0.15, 0.2) is 0 Å². The maximum absolute atomic E-state index is 6.05. The molecule has 1 aliphatic rings. The van der Waals surface area contributed by atoms with E-state index in [1.165, 1.54) is 0 Å². The molecule has 1 aliphatic heterocycles. The van der Waals surface area contributed by atoms with Crippen LogP contribution in [-0.4, -0.2) is 38.3 Å². The van der Waals surface area contributed by atoms with Gasteiger partial charge in [0.05, 0.1) is 0 Å². The van der Waals surface area contributed by atoms with Crippen LogP contribution < -0.4 is 0 Å². The second-order valence-corrected chi connectivity index (χ2v) is 5.35. The van der Waals surface area contributed by atoms with Crippen molar-refractivity contribution in [2.24, 2.45) is 11.8 Å².